The van der Waals surface area contributed by atoms with E-state index in [0.717, 1.165) is 5.92 Å². The van der Waals surface area contributed by atoms with Gasteiger partial charge < -0.3 is 5.32 Å². The predicted molar refractivity (Wildman–Crippen MR) is 44.8 cm³/mol. The second-order valence-corrected chi connectivity index (χ2v) is 3.30. The Kier molecular flexibility index (Phi) is 2.36. The molecule has 1 nitrogen and oxygen atoms in total. The van der Waals surface area contributed by atoms with E-state index in [-0.39, 0.29) is 0 Å². The van der Waals surface area contributed by atoms with Crippen molar-refractivity contribution in [3.05, 3.63) is 11.3 Å². The van der Waals surface area contributed by atoms with Crippen LogP contribution in [0.4, 0.5) is 0 Å². The fourth-order valence-corrected chi connectivity index (χ4v) is 1.33. The second kappa shape index (κ2) is 3.09. The first-order valence-electron chi connectivity index (χ1n) is 4.16. The van der Waals surface area contributed by atoms with Gasteiger partial charge in [-0.2, -0.15) is 0 Å². The van der Waals surface area contributed by atoms with Gasteiger partial charge in [-0.05, 0) is 25.7 Å². The molecule has 1 N–H and O–H groups in total. The molecule has 0 bridgehead atoms. The molecule has 58 valence electrons. The number of hydrogen-bond donors (Lipinski definition) is 1. The molecule has 0 aromatic rings. The summed E-state index contributed by atoms with van der Waals surface area (Å²) in [5.41, 5.74) is 3.03. The molecular weight excluding hydrogens is 122 g/mol. The molecule has 0 unspecified atom stereocenters. The van der Waals surface area contributed by atoms with E-state index in [1.165, 1.54) is 30.7 Å². The van der Waals surface area contributed by atoms with Gasteiger partial charge in [0.2, 0.25) is 0 Å². The van der Waals surface area contributed by atoms with Crippen molar-refractivity contribution in [2.75, 3.05) is 6.54 Å². The van der Waals surface area contributed by atoms with E-state index in [2.05, 4.69) is 26.1 Å². The van der Waals surface area contributed by atoms with Crippen LogP contribution >= 0.6 is 0 Å². The van der Waals surface area contributed by atoms with Gasteiger partial charge in [-0.3, -0.25) is 0 Å². The summed E-state index contributed by atoms with van der Waals surface area (Å²) in [6, 6.07) is 0. The van der Waals surface area contributed by atoms with Crippen molar-refractivity contribution in [3.8, 4) is 0 Å². The highest BCUT2D eigenvalue weighted by Crippen LogP contribution is 2.20. The zero-order chi connectivity index (χ0) is 7.56. The molecule has 0 aromatic heterocycles. The summed E-state index contributed by atoms with van der Waals surface area (Å²) in [7, 11) is 0. The topological polar surface area (TPSA) is 12.0 Å². The van der Waals surface area contributed by atoms with E-state index in [1.54, 1.807) is 0 Å². The highest BCUT2D eigenvalue weighted by molar-refractivity contribution is 5.13. The van der Waals surface area contributed by atoms with Gasteiger partial charge in [0, 0.05) is 12.2 Å². The van der Waals surface area contributed by atoms with Crippen LogP contribution in [0.5, 0.6) is 0 Å². The molecule has 1 heteroatoms. The summed E-state index contributed by atoms with van der Waals surface area (Å²) >= 11 is 0. The Hall–Kier alpha value is -0.460. The van der Waals surface area contributed by atoms with E-state index in [9.17, 15) is 0 Å². The van der Waals surface area contributed by atoms with E-state index < -0.39 is 0 Å². The Bertz CT molecular complexity index is 147. The van der Waals surface area contributed by atoms with Gasteiger partial charge in [-0.25, -0.2) is 0 Å². The van der Waals surface area contributed by atoms with Gasteiger partial charge >= 0.3 is 0 Å². The van der Waals surface area contributed by atoms with Crippen molar-refractivity contribution in [2.45, 2.75) is 33.6 Å². The zero-order valence-corrected chi connectivity index (χ0v) is 7.20. The molecule has 1 heterocycles. The number of nitrogens with one attached hydrogen (secondary N) is 1. The van der Waals surface area contributed by atoms with Gasteiger partial charge in [0.25, 0.3) is 0 Å². The lowest BCUT2D eigenvalue weighted by Gasteiger charge is -2.02. The van der Waals surface area contributed by atoms with Crippen molar-refractivity contribution < 1.29 is 0 Å². The molecule has 1 saturated heterocycles. The fraction of sp³-hybridized carbons (Fsp3) is 0.778. The first-order chi connectivity index (χ1) is 4.74. The van der Waals surface area contributed by atoms with Crippen molar-refractivity contribution in [1.29, 1.82) is 0 Å². The highest BCUT2D eigenvalue weighted by atomic mass is 14.9. The Balaban J connectivity index is 2.58. The lowest BCUT2D eigenvalue weighted by molar-refractivity contribution is 0.653. The van der Waals surface area contributed by atoms with Crippen LogP contribution in [-0.2, 0) is 0 Å². The summed E-state index contributed by atoms with van der Waals surface area (Å²) < 4.78 is 0. The van der Waals surface area contributed by atoms with Crippen LogP contribution in [0.2, 0.25) is 0 Å². The molecule has 0 aliphatic carbocycles. The van der Waals surface area contributed by atoms with Crippen LogP contribution in [0.15, 0.2) is 11.3 Å². The molecule has 0 amide bonds. The predicted octanol–water partition coefficient (Wildman–Crippen LogP) is 2.30. The Labute approximate surface area is 63.5 Å². The quantitative estimate of drug-likeness (QED) is 0.587. The largest absolute Gasteiger partial charge is 0.388 e. The van der Waals surface area contributed by atoms with Crippen LogP contribution in [0.3, 0.4) is 0 Å². The summed E-state index contributed by atoms with van der Waals surface area (Å²) in [5, 5.41) is 3.44. The molecule has 1 rings (SSSR count). The Morgan fingerprint density at radius 2 is 2.40 bits per heavy atom. The maximum atomic E-state index is 3.44. The normalized spacial score (nSPS) is 30.1. The van der Waals surface area contributed by atoms with Gasteiger partial charge in [-0.1, -0.05) is 19.4 Å². The third-order valence-corrected chi connectivity index (χ3v) is 2.26. The van der Waals surface area contributed by atoms with Gasteiger partial charge in [0.1, 0.15) is 0 Å². The van der Waals surface area contributed by atoms with E-state index >= 15 is 0 Å². The molecule has 1 atom stereocenters. The number of allylic oxidation sites excluding steroid dienone is 2. The molecular formula is C9H17N. The fourth-order valence-electron chi connectivity index (χ4n) is 1.33. The summed E-state index contributed by atoms with van der Waals surface area (Å²) in [4.78, 5) is 0. The molecule has 0 radical (unpaired) electrons. The molecule has 0 saturated carbocycles. The first kappa shape index (κ1) is 7.64. The molecule has 1 aliphatic rings. The van der Waals surface area contributed by atoms with Crippen molar-refractivity contribution in [1.82, 2.24) is 5.32 Å². The molecule has 1 fully saturated rings. The van der Waals surface area contributed by atoms with Crippen LogP contribution < -0.4 is 5.32 Å². The second-order valence-electron chi connectivity index (χ2n) is 3.30. The van der Waals surface area contributed by atoms with Crippen molar-refractivity contribution in [2.24, 2.45) is 5.92 Å². The molecule has 0 spiro atoms. The SMILES string of the molecule is CC/C(C)=C1/C[C@H](C)CN1. The van der Waals surface area contributed by atoms with Crippen LogP contribution in [0, 0.1) is 5.92 Å². The average molecular weight is 139 g/mol. The Morgan fingerprint density at radius 1 is 1.70 bits per heavy atom. The standard InChI is InChI=1S/C9H17N/c1-4-8(3)9-5-7(2)6-10-9/h7,10H,4-6H2,1-3H3/b9-8-/t7-/m0/s1. The van der Waals surface area contributed by atoms with Crippen LogP contribution in [0.25, 0.3) is 0 Å². The minimum atomic E-state index is 0.844. The van der Waals surface area contributed by atoms with Crippen molar-refractivity contribution in [3.63, 3.8) is 0 Å². The van der Waals surface area contributed by atoms with Gasteiger partial charge in [0.05, 0.1) is 0 Å². The highest BCUT2D eigenvalue weighted by Gasteiger charge is 2.14. The van der Waals surface area contributed by atoms with Gasteiger partial charge in [0.15, 0.2) is 0 Å². The average Bonchev–Trinajstić information content (AvgIpc) is 2.34. The Morgan fingerprint density at radius 3 is 2.80 bits per heavy atom. The zero-order valence-electron chi connectivity index (χ0n) is 7.20. The summed E-state index contributed by atoms with van der Waals surface area (Å²) in [6.07, 6.45) is 2.45. The lowest BCUT2D eigenvalue weighted by atomic mass is 10.1. The smallest absolute Gasteiger partial charge is 0.0173 e. The van der Waals surface area contributed by atoms with Crippen molar-refractivity contribution >= 4 is 0 Å². The molecule has 1 aliphatic heterocycles. The number of rotatable bonds is 1. The lowest BCUT2D eigenvalue weighted by Crippen LogP contribution is -2.07. The summed E-state index contributed by atoms with van der Waals surface area (Å²) in [6.45, 7) is 7.91. The van der Waals surface area contributed by atoms with E-state index in [1.807, 2.05) is 0 Å². The van der Waals surface area contributed by atoms with Gasteiger partial charge in [-0.15, -0.1) is 0 Å². The third kappa shape index (κ3) is 1.53. The number of hydrogen-bond acceptors (Lipinski definition) is 1. The minimum Gasteiger partial charge on any atom is -0.388 e. The molecule has 0 aromatic carbocycles. The monoisotopic (exact) mass is 139 g/mol. The summed E-state index contributed by atoms with van der Waals surface area (Å²) in [5.74, 6) is 0.844. The maximum absolute atomic E-state index is 3.44. The third-order valence-electron chi connectivity index (χ3n) is 2.26. The molecule has 10 heavy (non-hydrogen) atoms. The van der Waals surface area contributed by atoms with Crippen LogP contribution in [0.1, 0.15) is 33.6 Å². The van der Waals surface area contributed by atoms with E-state index in [4.69, 9.17) is 0 Å². The first-order valence-corrected chi connectivity index (χ1v) is 4.16. The maximum Gasteiger partial charge on any atom is 0.0173 e. The van der Waals surface area contributed by atoms with E-state index in [0.29, 0.717) is 0 Å². The minimum absolute atomic E-state index is 0.844. The van der Waals surface area contributed by atoms with Crippen LogP contribution in [-0.4, -0.2) is 6.54 Å².